The summed E-state index contributed by atoms with van der Waals surface area (Å²) in [5, 5.41) is 3.14. The highest BCUT2D eigenvalue weighted by Crippen LogP contribution is 2.36. The molecule has 2 amide bonds. The van der Waals surface area contributed by atoms with Crippen molar-refractivity contribution in [3.05, 3.63) is 35.9 Å². The number of carbonyl (C=O) groups is 2. The molecule has 1 heterocycles. The van der Waals surface area contributed by atoms with E-state index in [1.165, 1.54) is 4.90 Å². The molecular formula is C15H17ClN2O3. The number of hydrogen-bond acceptors (Lipinski definition) is 3. The van der Waals surface area contributed by atoms with Gasteiger partial charge in [-0.15, -0.1) is 6.58 Å². The molecule has 0 saturated carbocycles. The van der Waals surface area contributed by atoms with Crippen LogP contribution in [0.3, 0.4) is 0 Å². The fourth-order valence-corrected chi connectivity index (χ4v) is 2.27. The van der Waals surface area contributed by atoms with Crippen molar-refractivity contribution in [1.29, 1.82) is 0 Å². The maximum Gasteiger partial charge on any atom is 0.268 e. The van der Waals surface area contributed by atoms with Crippen LogP contribution in [-0.4, -0.2) is 31.0 Å². The summed E-state index contributed by atoms with van der Waals surface area (Å²) in [5.74, 6) is 0.0642. The topological polar surface area (TPSA) is 58.6 Å². The number of nitrogens with one attached hydrogen (secondary N) is 1. The third-order valence-electron chi connectivity index (χ3n) is 3.14. The van der Waals surface area contributed by atoms with Gasteiger partial charge in [-0.25, -0.2) is 0 Å². The van der Waals surface area contributed by atoms with Crippen molar-refractivity contribution in [1.82, 2.24) is 5.32 Å². The lowest BCUT2D eigenvalue weighted by molar-refractivity contribution is -0.128. The van der Waals surface area contributed by atoms with E-state index in [-0.39, 0.29) is 18.4 Å². The largest absolute Gasteiger partial charge is 0.478 e. The summed E-state index contributed by atoms with van der Waals surface area (Å²) >= 11 is 5.97. The number of benzene rings is 1. The van der Waals surface area contributed by atoms with E-state index >= 15 is 0 Å². The Hall–Kier alpha value is -2.01. The molecule has 0 fully saturated rings. The Bertz CT molecular complexity index is 574. The van der Waals surface area contributed by atoms with Crippen molar-refractivity contribution in [2.75, 3.05) is 18.0 Å². The third kappa shape index (κ3) is 3.36. The molecule has 6 heteroatoms. The minimum Gasteiger partial charge on any atom is -0.478 e. The predicted octanol–water partition coefficient (Wildman–Crippen LogP) is 2.15. The number of anilines is 1. The monoisotopic (exact) mass is 308 g/mol. The van der Waals surface area contributed by atoms with Gasteiger partial charge in [0.2, 0.25) is 5.91 Å². The quantitative estimate of drug-likeness (QED) is 0.848. The fourth-order valence-electron chi connectivity index (χ4n) is 2.10. The molecule has 1 aliphatic rings. The zero-order valence-electron chi connectivity index (χ0n) is 11.8. The van der Waals surface area contributed by atoms with E-state index in [1.807, 2.05) is 6.92 Å². The zero-order valence-corrected chi connectivity index (χ0v) is 12.5. The highest BCUT2D eigenvalue weighted by atomic mass is 35.5. The highest BCUT2D eigenvalue weighted by Gasteiger charge is 2.34. The van der Waals surface area contributed by atoms with Crippen LogP contribution >= 0.6 is 11.6 Å². The van der Waals surface area contributed by atoms with Crippen LogP contribution in [-0.2, 0) is 9.59 Å². The normalized spacial score (nSPS) is 17.0. The fraction of sp³-hybridized carbons (Fsp3) is 0.333. The van der Waals surface area contributed by atoms with Gasteiger partial charge in [0.15, 0.2) is 6.10 Å². The minimum absolute atomic E-state index is 0.0696. The van der Waals surface area contributed by atoms with Crippen LogP contribution in [0.5, 0.6) is 5.75 Å². The van der Waals surface area contributed by atoms with Crippen molar-refractivity contribution in [3.8, 4) is 5.75 Å². The number of nitrogens with zero attached hydrogens (tertiary/aromatic N) is 1. The Morgan fingerprint density at radius 1 is 1.57 bits per heavy atom. The molecule has 0 bridgehead atoms. The molecule has 0 saturated heterocycles. The number of halogens is 1. The average molecular weight is 309 g/mol. The molecule has 5 nitrogen and oxygen atoms in total. The van der Waals surface area contributed by atoms with Crippen molar-refractivity contribution < 1.29 is 14.3 Å². The van der Waals surface area contributed by atoms with Crippen LogP contribution in [0.15, 0.2) is 30.9 Å². The molecule has 2 rings (SSSR count). The summed E-state index contributed by atoms with van der Waals surface area (Å²) in [5.41, 5.74) is 0.519. The van der Waals surface area contributed by atoms with E-state index in [9.17, 15) is 9.59 Å². The second kappa shape index (κ2) is 6.63. The first-order valence-corrected chi connectivity index (χ1v) is 7.09. The molecule has 0 aromatic heterocycles. The maximum atomic E-state index is 12.4. The molecule has 1 aromatic carbocycles. The van der Waals surface area contributed by atoms with Crippen molar-refractivity contribution in [3.63, 3.8) is 0 Å². The SMILES string of the molecule is C=CCNC(=O)CN1C(=O)C(CC)Oc2ccc(Cl)cc21. The van der Waals surface area contributed by atoms with Crippen LogP contribution in [0, 0.1) is 0 Å². The van der Waals surface area contributed by atoms with Gasteiger partial charge < -0.3 is 10.1 Å². The molecule has 1 aliphatic heterocycles. The van der Waals surface area contributed by atoms with Crippen LogP contribution < -0.4 is 15.0 Å². The van der Waals surface area contributed by atoms with Gasteiger partial charge >= 0.3 is 0 Å². The number of rotatable bonds is 5. The Morgan fingerprint density at radius 3 is 3.00 bits per heavy atom. The third-order valence-corrected chi connectivity index (χ3v) is 3.37. The predicted molar refractivity (Wildman–Crippen MR) is 81.7 cm³/mol. The minimum atomic E-state index is -0.578. The van der Waals surface area contributed by atoms with Gasteiger partial charge in [-0.2, -0.15) is 0 Å². The number of fused-ring (bicyclic) bond motifs is 1. The van der Waals surface area contributed by atoms with Gasteiger partial charge in [0.25, 0.3) is 5.91 Å². The summed E-state index contributed by atoms with van der Waals surface area (Å²) in [6, 6.07) is 5.03. The second-order valence-electron chi connectivity index (χ2n) is 4.64. The maximum absolute atomic E-state index is 12.4. The average Bonchev–Trinajstić information content (AvgIpc) is 2.48. The first-order valence-electron chi connectivity index (χ1n) is 6.72. The van der Waals surface area contributed by atoms with Crippen LogP contribution in [0.1, 0.15) is 13.3 Å². The lowest BCUT2D eigenvalue weighted by Gasteiger charge is -2.33. The van der Waals surface area contributed by atoms with E-state index in [2.05, 4.69) is 11.9 Å². The molecule has 0 radical (unpaired) electrons. The van der Waals surface area contributed by atoms with E-state index in [0.717, 1.165) is 0 Å². The molecule has 112 valence electrons. The Morgan fingerprint density at radius 2 is 2.33 bits per heavy atom. The number of hydrogen-bond donors (Lipinski definition) is 1. The Kier molecular flexibility index (Phi) is 4.85. The molecule has 0 aliphatic carbocycles. The molecule has 21 heavy (non-hydrogen) atoms. The summed E-state index contributed by atoms with van der Waals surface area (Å²) in [6.45, 7) is 5.68. The molecule has 0 spiro atoms. The number of ether oxygens (including phenoxy) is 1. The standard InChI is InChI=1S/C15H17ClN2O3/c1-3-7-17-14(19)9-18-11-8-10(16)5-6-13(11)21-12(4-2)15(18)20/h3,5-6,8,12H,1,4,7,9H2,2H3,(H,17,19). The van der Waals surface area contributed by atoms with Gasteiger partial charge in [-0.3, -0.25) is 14.5 Å². The van der Waals surface area contributed by atoms with Crippen molar-refractivity contribution in [2.24, 2.45) is 0 Å². The number of carbonyl (C=O) groups excluding carboxylic acids is 2. The number of amides is 2. The Labute approximate surface area is 128 Å². The van der Waals surface area contributed by atoms with Crippen molar-refractivity contribution in [2.45, 2.75) is 19.4 Å². The smallest absolute Gasteiger partial charge is 0.268 e. The lowest BCUT2D eigenvalue weighted by atomic mass is 10.1. The van der Waals surface area contributed by atoms with Gasteiger partial charge in [-0.05, 0) is 24.6 Å². The molecule has 1 unspecified atom stereocenters. The van der Waals surface area contributed by atoms with Gasteiger partial charge in [0.05, 0.1) is 5.69 Å². The van der Waals surface area contributed by atoms with Gasteiger partial charge in [0.1, 0.15) is 12.3 Å². The first kappa shape index (κ1) is 15.4. The Balaban J connectivity index is 2.28. The van der Waals surface area contributed by atoms with E-state index < -0.39 is 6.10 Å². The van der Waals surface area contributed by atoms with E-state index in [1.54, 1.807) is 24.3 Å². The van der Waals surface area contributed by atoms with Crippen LogP contribution in [0.25, 0.3) is 0 Å². The second-order valence-corrected chi connectivity index (χ2v) is 5.08. The summed E-state index contributed by atoms with van der Waals surface area (Å²) < 4.78 is 5.64. The van der Waals surface area contributed by atoms with E-state index in [4.69, 9.17) is 16.3 Å². The molecule has 1 N–H and O–H groups in total. The summed E-state index contributed by atoms with van der Waals surface area (Å²) in [7, 11) is 0. The summed E-state index contributed by atoms with van der Waals surface area (Å²) in [6.07, 6.45) is 1.54. The van der Waals surface area contributed by atoms with Crippen LogP contribution in [0.2, 0.25) is 5.02 Å². The highest BCUT2D eigenvalue weighted by molar-refractivity contribution is 6.31. The lowest BCUT2D eigenvalue weighted by Crippen LogP contribution is -2.49. The molecular weight excluding hydrogens is 292 g/mol. The zero-order chi connectivity index (χ0) is 15.4. The van der Waals surface area contributed by atoms with E-state index in [0.29, 0.717) is 29.4 Å². The summed E-state index contributed by atoms with van der Waals surface area (Å²) in [4.78, 5) is 25.7. The first-order chi connectivity index (χ1) is 10.1. The molecule has 1 aromatic rings. The molecule has 1 atom stereocenters. The van der Waals surface area contributed by atoms with Gasteiger partial charge in [0, 0.05) is 11.6 Å². The van der Waals surface area contributed by atoms with Crippen LogP contribution in [0.4, 0.5) is 5.69 Å². The van der Waals surface area contributed by atoms with Crippen molar-refractivity contribution >= 4 is 29.1 Å². The van der Waals surface area contributed by atoms with Gasteiger partial charge in [-0.1, -0.05) is 24.6 Å².